The van der Waals surface area contributed by atoms with Crippen molar-refractivity contribution in [1.82, 2.24) is 0 Å². The van der Waals surface area contributed by atoms with Gasteiger partial charge in [0.25, 0.3) is 0 Å². The second kappa shape index (κ2) is 22.1. The number of anilines is 6. The lowest BCUT2D eigenvalue weighted by Gasteiger charge is -2.29. The fourth-order valence-electron chi connectivity index (χ4n) is 16.2. The first-order chi connectivity index (χ1) is 46.5. The summed E-state index contributed by atoms with van der Waals surface area (Å²) < 4.78 is 5.26. The van der Waals surface area contributed by atoms with Gasteiger partial charge in [0.15, 0.2) is 0 Å². The summed E-state index contributed by atoms with van der Waals surface area (Å²) in [5.74, 6) is 0. The molecule has 3 aliphatic rings. The standard InChI is InChI=1S/C93H80N2S2/c1-89(2,3)61-29-33-63(34-30-61)94(65-39-47-87-77(53-65)75-17-13-15-19-85(75)96-87)67-37-45-73-71-43-27-59(51-81(71)92(9,10)83(73)55-67)23-21-57-25-41-69-70-42-26-58(50-80(70)91(7,8)79(69)49-57)22-24-60-28-44-72-74-46-38-68(56-84(74)93(11,12)82(72)52-60)95(64-35-31-62(32-36-64)90(4,5)6)66-40-48-88-78(54-66)76-18-14-16-20-86(76)97-88/h13-56H,1-12H3. The van der Waals surface area contributed by atoms with Crippen LogP contribution in [-0.2, 0) is 27.1 Å². The van der Waals surface area contributed by atoms with Gasteiger partial charge in [0.05, 0.1) is 0 Å². The number of hydrogen-bond donors (Lipinski definition) is 0. The smallest absolute Gasteiger partial charge is 0.0468 e. The van der Waals surface area contributed by atoms with Crippen LogP contribution in [0.25, 0.3) is 98.0 Å². The normalized spacial score (nSPS) is 14.8. The van der Waals surface area contributed by atoms with Gasteiger partial charge in [0.1, 0.15) is 0 Å². The molecular formula is C93H80N2S2. The zero-order valence-corrected chi connectivity index (χ0v) is 59.2. The average Bonchev–Trinajstić information content (AvgIpc) is 1.58. The van der Waals surface area contributed by atoms with Gasteiger partial charge in [-0.2, -0.15) is 0 Å². The maximum Gasteiger partial charge on any atom is 0.0468 e. The van der Waals surface area contributed by atoms with E-state index in [2.05, 4.69) is 360 Å². The molecular weight excluding hydrogens is 1210 g/mol. The summed E-state index contributed by atoms with van der Waals surface area (Å²) in [6, 6.07) is 92.7. The van der Waals surface area contributed by atoms with E-state index in [-0.39, 0.29) is 27.1 Å². The number of rotatable bonds is 10. The minimum atomic E-state index is -0.213. The van der Waals surface area contributed by atoms with Crippen LogP contribution in [0.3, 0.4) is 0 Å². The van der Waals surface area contributed by atoms with Crippen molar-refractivity contribution < 1.29 is 0 Å². The van der Waals surface area contributed by atoms with E-state index in [1.54, 1.807) is 0 Å². The van der Waals surface area contributed by atoms with Crippen LogP contribution in [-0.4, -0.2) is 0 Å². The Balaban J connectivity index is 0.617. The third kappa shape index (κ3) is 10.1. The molecule has 2 nitrogen and oxygen atoms in total. The van der Waals surface area contributed by atoms with Gasteiger partial charge in [0.2, 0.25) is 0 Å². The van der Waals surface area contributed by atoms with Crippen molar-refractivity contribution in [2.75, 3.05) is 9.80 Å². The molecule has 0 fully saturated rings. The van der Waals surface area contributed by atoms with E-state index in [0.29, 0.717) is 0 Å². The first-order valence-corrected chi connectivity index (χ1v) is 36.1. The van der Waals surface area contributed by atoms with E-state index in [9.17, 15) is 0 Å². The molecule has 3 aliphatic carbocycles. The highest BCUT2D eigenvalue weighted by molar-refractivity contribution is 7.26. The molecule has 12 aromatic carbocycles. The molecule has 0 saturated heterocycles. The average molecular weight is 1290 g/mol. The number of benzene rings is 12. The zero-order chi connectivity index (χ0) is 66.7. The van der Waals surface area contributed by atoms with Crippen molar-refractivity contribution >= 4 is 121 Å². The van der Waals surface area contributed by atoms with Crippen molar-refractivity contribution in [3.63, 3.8) is 0 Å². The Morgan fingerprint density at radius 2 is 0.515 bits per heavy atom. The van der Waals surface area contributed by atoms with Crippen LogP contribution in [0.1, 0.15) is 150 Å². The highest BCUT2D eigenvalue weighted by atomic mass is 32.1. The van der Waals surface area contributed by atoms with Crippen LogP contribution < -0.4 is 9.80 Å². The van der Waals surface area contributed by atoms with Crippen LogP contribution in [0.5, 0.6) is 0 Å². The lowest BCUT2D eigenvalue weighted by Crippen LogP contribution is -2.17. The topological polar surface area (TPSA) is 6.48 Å². The van der Waals surface area contributed by atoms with Crippen LogP contribution in [0.2, 0.25) is 0 Å². The summed E-state index contributed by atoms with van der Waals surface area (Å²) in [4.78, 5) is 4.91. The first kappa shape index (κ1) is 60.8. The maximum atomic E-state index is 2.46. The zero-order valence-electron chi connectivity index (χ0n) is 57.6. The molecule has 0 N–H and O–H groups in total. The Bertz CT molecular complexity index is 5280. The maximum absolute atomic E-state index is 2.46. The first-order valence-electron chi connectivity index (χ1n) is 34.4. The molecule has 97 heavy (non-hydrogen) atoms. The lowest BCUT2D eigenvalue weighted by atomic mass is 9.81. The quantitative estimate of drug-likeness (QED) is 0.126. The predicted molar refractivity (Wildman–Crippen MR) is 422 cm³/mol. The molecule has 17 rings (SSSR count). The summed E-state index contributed by atoms with van der Waals surface area (Å²) in [5, 5.41) is 5.22. The molecule has 474 valence electrons. The predicted octanol–water partition coefficient (Wildman–Crippen LogP) is 27.2. The molecule has 2 aromatic heterocycles. The number of thiophene rings is 2. The minimum absolute atomic E-state index is 0.0589. The summed E-state index contributed by atoms with van der Waals surface area (Å²) in [5.41, 5.74) is 30.1. The molecule has 0 bridgehead atoms. The van der Waals surface area contributed by atoms with Gasteiger partial charge in [-0.1, -0.05) is 253 Å². The third-order valence-corrected chi connectivity index (χ3v) is 24.1. The van der Waals surface area contributed by atoms with Crippen LogP contribution in [0, 0.1) is 0 Å². The Morgan fingerprint density at radius 3 is 0.835 bits per heavy atom. The van der Waals surface area contributed by atoms with Crippen LogP contribution in [0.4, 0.5) is 34.1 Å². The second-order valence-corrected chi connectivity index (χ2v) is 33.2. The largest absolute Gasteiger partial charge is 0.310 e. The summed E-state index contributed by atoms with van der Waals surface area (Å²) in [7, 11) is 0. The van der Waals surface area contributed by atoms with Crippen molar-refractivity contribution in [1.29, 1.82) is 0 Å². The van der Waals surface area contributed by atoms with Crippen molar-refractivity contribution in [2.45, 2.75) is 110 Å². The molecule has 0 atom stereocenters. The Kier molecular flexibility index (Phi) is 13.9. The fraction of sp³-hybridized carbons (Fsp3) is 0.183. The van der Waals surface area contributed by atoms with Gasteiger partial charge in [-0.3, -0.25) is 0 Å². The highest BCUT2D eigenvalue weighted by Crippen LogP contribution is 2.55. The summed E-state index contributed by atoms with van der Waals surface area (Å²) in [6.45, 7) is 28.1. The van der Waals surface area contributed by atoms with E-state index in [4.69, 9.17) is 0 Å². The Labute approximate surface area is 580 Å². The molecule has 2 heterocycles. The van der Waals surface area contributed by atoms with Crippen molar-refractivity contribution in [3.05, 3.63) is 309 Å². The SMILES string of the molecule is CC(C)(C)c1ccc(N(c2ccc3c(c2)C(C)(C)c2cc(C=Cc4ccc5c(c4)C(C)(C)c4cc(C=Cc6ccc7c(c6)C(C)(C)c6cc(N(c8ccc(C(C)(C)C)cc8)c8ccc9sc%10ccccc%10c9c8)ccc6-7)ccc4-5)ccc2-3)c2ccc3sc4ccccc4c3c2)cc1. The molecule has 0 amide bonds. The van der Waals surface area contributed by atoms with Crippen LogP contribution >= 0.6 is 22.7 Å². The highest BCUT2D eigenvalue weighted by Gasteiger charge is 2.39. The van der Waals surface area contributed by atoms with Gasteiger partial charge < -0.3 is 9.80 Å². The molecule has 4 heteroatoms. The van der Waals surface area contributed by atoms with Crippen LogP contribution in [0.15, 0.2) is 243 Å². The van der Waals surface area contributed by atoms with Gasteiger partial charge in [-0.25, -0.2) is 0 Å². The van der Waals surface area contributed by atoms with Gasteiger partial charge in [-0.05, 0) is 208 Å². The second-order valence-electron chi connectivity index (χ2n) is 31.0. The Morgan fingerprint density at radius 1 is 0.258 bits per heavy atom. The number of fused-ring (bicyclic) bond motifs is 15. The van der Waals surface area contributed by atoms with E-state index in [0.717, 1.165) is 34.1 Å². The minimum Gasteiger partial charge on any atom is -0.310 e. The fourth-order valence-corrected chi connectivity index (χ4v) is 18.3. The van der Waals surface area contributed by atoms with Gasteiger partial charge in [-0.15, -0.1) is 22.7 Å². The lowest BCUT2D eigenvalue weighted by molar-refractivity contribution is 0.590. The van der Waals surface area contributed by atoms with E-state index >= 15 is 0 Å². The monoisotopic (exact) mass is 1290 g/mol. The van der Waals surface area contributed by atoms with Gasteiger partial charge in [0, 0.05) is 90.7 Å². The van der Waals surface area contributed by atoms with Gasteiger partial charge >= 0.3 is 0 Å². The molecule has 14 aromatic rings. The number of hydrogen-bond acceptors (Lipinski definition) is 4. The van der Waals surface area contributed by atoms with E-state index in [1.807, 2.05) is 22.7 Å². The molecule has 0 unspecified atom stereocenters. The van der Waals surface area contributed by atoms with Crippen molar-refractivity contribution in [3.8, 4) is 33.4 Å². The van der Waals surface area contributed by atoms with E-state index < -0.39 is 0 Å². The van der Waals surface area contributed by atoms with E-state index in [1.165, 1.54) is 140 Å². The Hall–Kier alpha value is -9.84. The molecule has 0 spiro atoms. The van der Waals surface area contributed by atoms with Crippen molar-refractivity contribution in [2.24, 2.45) is 0 Å². The number of nitrogens with zero attached hydrogens (tertiary/aromatic N) is 2. The molecule has 0 radical (unpaired) electrons. The third-order valence-electron chi connectivity index (χ3n) is 21.8. The molecule has 0 aliphatic heterocycles. The summed E-state index contributed by atoms with van der Waals surface area (Å²) >= 11 is 3.74. The summed E-state index contributed by atoms with van der Waals surface area (Å²) in [6.07, 6.45) is 9.24. The molecule has 0 saturated carbocycles.